The molecule has 0 bridgehead atoms. The molecule has 19 heavy (non-hydrogen) atoms. The van der Waals surface area contributed by atoms with Gasteiger partial charge in [-0.05, 0) is 25.8 Å². The van der Waals surface area contributed by atoms with Crippen LogP contribution in [-0.2, 0) is 0 Å². The van der Waals surface area contributed by atoms with E-state index in [0.29, 0.717) is 17.8 Å². The Kier molecular flexibility index (Phi) is 3.50. The Bertz CT molecular complexity index is 453. The van der Waals surface area contributed by atoms with Crippen LogP contribution in [0, 0.1) is 5.82 Å². The Morgan fingerprint density at radius 2 is 2.16 bits per heavy atom. The average molecular weight is 265 g/mol. The lowest BCUT2D eigenvalue weighted by Gasteiger charge is -2.26. The van der Waals surface area contributed by atoms with Crippen molar-refractivity contribution in [2.45, 2.75) is 25.3 Å². The fraction of sp³-hybridized carbons (Fsp3) is 0.692. The highest BCUT2D eigenvalue weighted by Crippen LogP contribution is 2.25. The maximum absolute atomic E-state index is 14.0. The fourth-order valence-corrected chi connectivity index (χ4v) is 3.10. The van der Waals surface area contributed by atoms with Crippen molar-refractivity contribution in [1.82, 2.24) is 14.9 Å². The zero-order chi connectivity index (χ0) is 13.2. The molecule has 2 fully saturated rings. The molecule has 0 aromatic carbocycles. The zero-order valence-corrected chi connectivity index (χ0v) is 11.3. The summed E-state index contributed by atoms with van der Waals surface area (Å²) in [6, 6.07) is 0.551. The number of anilines is 2. The molecule has 104 valence electrons. The largest absolute Gasteiger partial charge is 0.357 e. The summed E-state index contributed by atoms with van der Waals surface area (Å²) < 4.78 is 14.0. The van der Waals surface area contributed by atoms with E-state index in [1.54, 1.807) is 7.05 Å². The van der Waals surface area contributed by atoms with Crippen LogP contribution in [0.5, 0.6) is 0 Å². The SMILES string of the molecule is CNc1ncc(F)c(N2CCCN3CCCC3C2)n1. The van der Waals surface area contributed by atoms with Gasteiger partial charge in [-0.15, -0.1) is 0 Å². The highest BCUT2D eigenvalue weighted by molar-refractivity contribution is 5.44. The maximum atomic E-state index is 14.0. The minimum atomic E-state index is -0.328. The molecule has 1 aromatic rings. The second kappa shape index (κ2) is 5.28. The molecule has 2 aliphatic heterocycles. The summed E-state index contributed by atoms with van der Waals surface area (Å²) in [5.74, 6) is 0.586. The van der Waals surface area contributed by atoms with Crippen LogP contribution in [0.25, 0.3) is 0 Å². The topological polar surface area (TPSA) is 44.3 Å². The Labute approximate surface area is 112 Å². The van der Waals surface area contributed by atoms with E-state index in [0.717, 1.165) is 26.1 Å². The van der Waals surface area contributed by atoms with Gasteiger partial charge in [0.05, 0.1) is 6.20 Å². The number of aromatic nitrogens is 2. The van der Waals surface area contributed by atoms with E-state index in [-0.39, 0.29) is 5.82 Å². The molecule has 2 saturated heterocycles. The van der Waals surface area contributed by atoms with Gasteiger partial charge in [0.15, 0.2) is 11.6 Å². The first-order chi connectivity index (χ1) is 9.28. The normalized spacial score (nSPS) is 24.1. The molecule has 1 atom stereocenters. The molecule has 0 spiro atoms. The number of rotatable bonds is 2. The molecule has 3 rings (SSSR count). The summed E-state index contributed by atoms with van der Waals surface area (Å²) >= 11 is 0. The second-order valence-corrected chi connectivity index (χ2v) is 5.25. The van der Waals surface area contributed by atoms with Crippen molar-refractivity contribution >= 4 is 11.8 Å². The van der Waals surface area contributed by atoms with Crippen molar-refractivity contribution < 1.29 is 4.39 Å². The van der Waals surface area contributed by atoms with Gasteiger partial charge in [0.2, 0.25) is 5.95 Å². The van der Waals surface area contributed by atoms with Crippen LogP contribution in [0.15, 0.2) is 6.20 Å². The monoisotopic (exact) mass is 265 g/mol. The maximum Gasteiger partial charge on any atom is 0.224 e. The Hall–Kier alpha value is -1.43. The minimum absolute atomic E-state index is 0.328. The minimum Gasteiger partial charge on any atom is -0.357 e. The number of hydrogen-bond acceptors (Lipinski definition) is 5. The third kappa shape index (κ3) is 2.49. The zero-order valence-electron chi connectivity index (χ0n) is 11.3. The van der Waals surface area contributed by atoms with Crippen LogP contribution >= 0.6 is 0 Å². The van der Waals surface area contributed by atoms with E-state index in [9.17, 15) is 4.39 Å². The lowest BCUT2D eigenvalue weighted by atomic mass is 10.2. The average Bonchev–Trinajstić information content (AvgIpc) is 2.77. The van der Waals surface area contributed by atoms with Crippen molar-refractivity contribution in [3.8, 4) is 0 Å². The summed E-state index contributed by atoms with van der Waals surface area (Å²) in [6.45, 7) is 4.04. The Morgan fingerprint density at radius 1 is 1.32 bits per heavy atom. The number of nitrogens with zero attached hydrogens (tertiary/aromatic N) is 4. The molecule has 5 nitrogen and oxygen atoms in total. The highest BCUT2D eigenvalue weighted by atomic mass is 19.1. The molecular weight excluding hydrogens is 245 g/mol. The summed E-state index contributed by atoms with van der Waals surface area (Å²) in [7, 11) is 1.75. The molecule has 3 heterocycles. The van der Waals surface area contributed by atoms with Gasteiger partial charge in [0.1, 0.15) is 0 Å². The van der Waals surface area contributed by atoms with Crippen molar-refractivity contribution in [3.05, 3.63) is 12.0 Å². The fourth-order valence-electron chi connectivity index (χ4n) is 3.10. The van der Waals surface area contributed by atoms with E-state index >= 15 is 0 Å². The van der Waals surface area contributed by atoms with Gasteiger partial charge in [0, 0.05) is 32.7 Å². The molecule has 2 aliphatic rings. The molecule has 1 unspecified atom stereocenters. The van der Waals surface area contributed by atoms with Gasteiger partial charge in [-0.3, -0.25) is 4.90 Å². The lowest BCUT2D eigenvalue weighted by molar-refractivity contribution is 0.273. The summed E-state index contributed by atoms with van der Waals surface area (Å²) in [6.07, 6.45) is 4.79. The Balaban J connectivity index is 1.84. The van der Waals surface area contributed by atoms with Crippen LogP contribution in [0.3, 0.4) is 0 Å². The smallest absolute Gasteiger partial charge is 0.224 e. The van der Waals surface area contributed by atoms with E-state index in [1.165, 1.54) is 25.6 Å². The first kappa shape index (κ1) is 12.6. The number of nitrogens with one attached hydrogen (secondary N) is 1. The molecule has 0 aliphatic carbocycles. The first-order valence-corrected chi connectivity index (χ1v) is 6.97. The summed E-state index contributed by atoms with van der Waals surface area (Å²) in [5.41, 5.74) is 0. The van der Waals surface area contributed by atoms with Crippen molar-refractivity contribution in [2.24, 2.45) is 0 Å². The van der Waals surface area contributed by atoms with Gasteiger partial charge < -0.3 is 10.2 Å². The third-order valence-corrected chi connectivity index (χ3v) is 4.05. The number of halogens is 1. The molecule has 6 heteroatoms. The molecule has 1 aromatic heterocycles. The van der Waals surface area contributed by atoms with Crippen LogP contribution < -0.4 is 10.2 Å². The van der Waals surface area contributed by atoms with Gasteiger partial charge in [-0.1, -0.05) is 0 Å². The van der Waals surface area contributed by atoms with Gasteiger partial charge >= 0.3 is 0 Å². The summed E-state index contributed by atoms with van der Waals surface area (Å²) in [5, 5.41) is 2.87. The molecule has 0 radical (unpaired) electrons. The van der Waals surface area contributed by atoms with Crippen LogP contribution in [0.2, 0.25) is 0 Å². The quantitative estimate of drug-likeness (QED) is 0.874. The van der Waals surface area contributed by atoms with Gasteiger partial charge in [-0.2, -0.15) is 4.98 Å². The summed E-state index contributed by atoms with van der Waals surface area (Å²) in [4.78, 5) is 12.8. The van der Waals surface area contributed by atoms with Crippen LogP contribution in [0.1, 0.15) is 19.3 Å². The molecule has 0 amide bonds. The Morgan fingerprint density at radius 3 is 3.00 bits per heavy atom. The van der Waals surface area contributed by atoms with Gasteiger partial charge in [-0.25, -0.2) is 9.37 Å². The number of hydrogen-bond donors (Lipinski definition) is 1. The molecule has 1 N–H and O–H groups in total. The second-order valence-electron chi connectivity index (χ2n) is 5.25. The van der Waals surface area contributed by atoms with Crippen LogP contribution in [-0.4, -0.2) is 54.1 Å². The first-order valence-electron chi connectivity index (χ1n) is 6.97. The highest BCUT2D eigenvalue weighted by Gasteiger charge is 2.30. The lowest BCUT2D eigenvalue weighted by Crippen LogP contribution is -2.37. The van der Waals surface area contributed by atoms with E-state index in [4.69, 9.17) is 0 Å². The predicted octanol–water partition coefficient (Wildman–Crippen LogP) is 1.33. The van der Waals surface area contributed by atoms with E-state index < -0.39 is 0 Å². The predicted molar refractivity (Wildman–Crippen MR) is 73.0 cm³/mol. The van der Waals surface area contributed by atoms with Crippen LogP contribution in [0.4, 0.5) is 16.2 Å². The molecule has 0 saturated carbocycles. The standard InChI is InChI=1S/C13H20FN5/c1-15-13-16-8-11(14)12(17-13)19-7-3-6-18-5-2-4-10(18)9-19/h8,10H,2-7,9H2,1H3,(H,15,16,17). The molecular formula is C13H20FN5. The van der Waals surface area contributed by atoms with Crippen molar-refractivity contribution in [1.29, 1.82) is 0 Å². The van der Waals surface area contributed by atoms with E-state index in [1.807, 2.05) is 0 Å². The van der Waals surface area contributed by atoms with Crippen molar-refractivity contribution in [2.75, 3.05) is 43.4 Å². The van der Waals surface area contributed by atoms with E-state index in [2.05, 4.69) is 25.1 Å². The van der Waals surface area contributed by atoms with Gasteiger partial charge in [0.25, 0.3) is 0 Å². The van der Waals surface area contributed by atoms with Crippen molar-refractivity contribution in [3.63, 3.8) is 0 Å². The third-order valence-electron chi connectivity index (χ3n) is 4.05. The number of fused-ring (bicyclic) bond motifs is 1.